The van der Waals surface area contributed by atoms with Gasteiger partial charge in [0.05, 0.1) is 11.9 Å². The molecule has 0 aliphatic heterocycles. The molecule has 4 nitrogen and oxygen atoms in total. The Balaban J connectivity index is 1.45. The van der Waals surface area contributed by atoms with Gasteiger partial charge in [-0.2, -0.15) is 5.10 Å². The molecule has 3 aromatic rings. The normalized spacial score (nSPS) is 15.1. The topological polar surface area (TPSA) is 42.2 Å². The number of aryl methyl sites for hydroxylation is 1. The fourth-order valence-corrected chi connectivity index (χ4v) is 4.83. The zero-order valence-electron chi connectivity index (χ0n) is 15.6. The molecule has 1 N–H and O–H groups in total. The first kappa shape index (κ1) is 18.4. The van der Waals surface area contributed by atoms with Crippen molar-refractivity contribution in [2.24, 2.45) is 5.10 Å². The van der Waals surface area contributed by atoms with E-state index in [0.717, 1.165) is 20.9 Å². The lowest BCUT2D eigenvalue weighted by atomic mass is 10.2. The predicted octanol–water partition coefficient (Wildman–Crippen LogP) is 6.55. The van der Waals surface area contributed by atoms with Gasteiger partial charge in [0.25, 0.3) is 0 Å². The van der Waals surface area contributed by atoms with Crippen molar-refractivity contribution in [3.05, 3.63) is 57.1 Å². The molecule has 27 heavy (non-hydrogen) atoms. The Morgan fingerprint density at radius 2 is 1.96 bits per heavy atom. The molecule has 2 heterocycles. The van der Waals surface area contributed by atoms with Crippen LogP contribution in [0.15, 0.2) is 45.3 Å². The molecule has 1 fully saturated rings. The summed E-state index contributed by atoms with van der Waals surface area (Å²) in [5.41, 5.74) is 8.95. The maximum Gasteiger partial charge on any atom is 0.203 e. The Morgan fingerprint density at radius 3 is 2.70 bits per heavy atom. The van der Waals surface area contributed by atoms with Crippen LogP contribution < -0.4 is 5.43 Å². The van der Waals surface area contributed by atoms with Gasteiger partial charge < -0.3 is 4.57 Å². The Kier molecular flexibility index (Phi) is 5.45. The number of hydrogen-bond acceptors (Lipinski definition) is 4. The largest absolute Gasteiger partial charge is 0.345 e. The lowest BCUT2D eigenvalue weighted by Crippen LogP contribution is -2.08. The van der Waals surface area contributed by atoms with Crippen molar-refractivity contribution in [3.63, 3.8) is 0 Å². The third kappa shape index (κ3) is 4.01. The molecule has 2 aromatic heterocycles. The predicted molar refractivity (Wildman–Crippen MR) is 118 cm³/mol. The van der Waals surface area contributed by atoms with Gasteiger partial charge in [-0.1, -0.05) is 40.9 Å². The molecule has 0 atom stereocenters. The number of nitrogens with zero attached hydrogens (tertiary/aromatic N) is 3. The van der Waals surface area contributed by atoms with E-state index in [0.29, 0.717) is 6.04 Å². The summed E-state index contributed by atoms with van der Waals surface area (Å²) in [5.74, 6) is 0. The number of aromatic nitrogens is 2. The van der Waals surface area contributed by atoms with Crippen LogP contribution in [0.1, 0.15) is 48.7 Å². The van der Waals surface area contributed by atoms with Gasteiger partial charge in [-0.05, 0) is 44.9 Å². The summed E-state index contributed by atoms with van der Waals surface area (Å²) in [6, 6.07) is 11.1. The molecule has 140 valence electrons. The number of anilines is 1. The van der Waals surface area contributed by atoms with Crippen molar-refractivity contribution in [2.45, 2.75) is 45.6 Å². The quantitative estimate of drug-likeness (QED) is 0.359. The van der Waals surface area contributed by atoms with Crippen LogP contribution in [0.3, 0.4) is 0 Å². The summed E-state index contributed by atoms with van der Waals surface area (Å²) in [4.78, 5) is 4.62. The molecule has 0 radical (unpaired) electrons. The van der Waals surface area contributed by atoms with E-state index in [1.165, 1.54) is 42.6 Å². The van der Waals surface area contributed by atoms with Crippen molar-refractivity contribution in [3.8, 4) is 11.3 Å². The number of hydrazone groups is 1. The molecule has 1 aromatic carbocycles. The fourth-order valence-electron chi connectivity index (χ4n) is 3.89. The lowest BCUT2D eigenvalue weighted by molar-refractivity contribution is 0.500. The molecular formula is C21H23BrN4S. The van der Waals surface area contributed by atoms with Crippen LogP contribution in [0.2, 0.25) is 0 Å². The second-order valence-corrected chi connectivity index (χ2v) is 8.82. The molecule has 6 heteroatoms. The highest BCUT2D eigenvalue weighted by atomic mass is 79.9. The van der Waals surface area contributed by atoms with Crippen LogP contribution >= 0.6 is 27.3 Å². The van der Waals surface area contributed by atoms with Crippen molar-refractivity contribution < 1.29 is 0 Å². The molecule has 1 aliphatic carbocycles. The van der Waals surface area contributed by atoms with Crippen LogP contribution in [-0.4, -0.2) is 15.8 Å². The first-order valence-electron chi connectivity index (χ1n) is 9.31. The molecule has 0 amide bonds. The van der Waals surface area contributed by atoms with Crippen LogP contribution in [0.25, 0.3) is 11.3 Å². The summed E-state index contributed by atoms with van der Waals surface area (Å²) >= 11 is 5.03. The van der Waals surface area contributed by atoms with Crippen LogP contribution in [0, 0.1) is 13.8 Å². The zero-order chi connectivity index (χ0) is 18.8. The molecule has 0 unspecified atom stereocenters. The summed E-state index contributed by atoms with van der Waals surface area (Å²) in [5, 5.41) is 7.28. The summed E-state index contributed by atoms with van der Waals surface area (Å²) < 4.78 is 3.56. The molecule has 0 saturated heterocycles. The summed E-state index contributed by atoms with van der Waals surface area (Å²) in [6.45, 7) is 4.39. The van der Waals surface area contributed by atoms with Crippen LogP contribution in [0.4, 0.5) is 5.13 Å². The molecule has 1 aliphatic rings. The number of benzene rings is 1. The standard InChI is InChI=1S/C21H23BrN4S/c1-14-11-17(15(2)26(14)19-5-3-4-6-19)12-23-25-21-24-20(13-27-21)16-7-9-18(22)10-8-16/h7-13,19H,3-6H2,1-2H3,(H,24,25)/b23-12-. The number of rotatable bonds is 5. The van der Waals surface area contributed by atoms with Gasteiger partial charge in [0.15, 0.2) is 0 Å². The Morgan fingerprint density at radius 1 is 1.22 bits per heavy atom. The molecular weight excluding hydrogens is 420 g/mol. The average Bonchev–Trinajstić information content (AvgIpc) is 3.38. The van der Waals surface area contributed by atoms with E-state index in [2.05, 4.69) is 68.1 Å². The minimum atomic E-state index is 0.660. The Hall–Kier alpha value is -1.92. The van der Waals surface area contributed by atoms with Gasteiger partial charge in [-0.25, -0.2) is 4.98 Å². The van der Waals surface area contributed by atoms with E-state index >= 15 is 0 Å². The van der Waals surface area contributed by atoms with Crippen molar-refractivity contribution in [1.29, 1.82) is 0 Å². The lowest BCUT2D eigenvalue weighted by Gasteiger charge is -2.17. The SMILES string of the molecule is Cc1cc(/C=N\Nc2nc(-c3ccc(Br)cc3)cs2)c(C)n1C1CCCC1. The van der Waals surface area contributed by atoms with E-state index in [4.69, 9.17) is 0 Å². The monoisotopic (exact) mass is 442 g/mol. The average molecular weight is 443 g/mol. The number of nitrogens with one attached hydrogen (secondary N) is 1. The van der Waals surface area contributed by atoms with E-state index in [-0.39, 0.29) is 0 Å². The van der Waals surface area contributed by atoms with Gasteiger partial charge in [-0.3, -0.25) is 5.43 Å². The second kappa shape index (κ2) is 7.98. The molecule has 0 spiro atoms. The van der Waals surface area contributed by atoms with Gasteiger partial charge in [0, 0.05) is 38.4 Å². The molecule has 1 saturated carbocycles. The van der Waals surface area contributed by atoms with Gasteiger partial charge >= 0.3 is 0 Å². The number of halogens is 1. The van der Waals surface area contributed by atoms with Crippen LogP contribution in [0.5, 0.6) is 0 Å². The third-order valence-electron chi connectivity index (χ3n) is 5.22. The van der Waals surface area contributed by atoms with Gasteiger partial charge in [0.2, 0.25) is 5.13 Å². The molecule has 0 bridgehead atoms. The second-order valence-electron chi connectivity index (χ2n) is 7.05. The fraction of sp³-hybridized carbons (Fsp3) is 0.333. The summed E-state index contributed by atoms with van der Waals surface area (Å²) in [6.07, 6.45) is 7.19. The van der Waals surface area contributed by atoms with E-state index < -0.39 is 0 Å². The van der Waals surface area contributed by atoms with Crippen molar-refractivity contribution in [2.75, 3.05) is 5.43 Å². The minimum Gasteiger partial charge on any atom is -0.345 e. The highest BCUT2D eigenvalue weighted by molar-refractivity contribution is 9.10. The van der Waals surface area contributed by atoms with Gasteiger partial charge in [-0.15, -0.1) is 11.3 Å². The van der Waals surface area contributed by atoms with E-state index in [9.17, 15) is 0 Å². The molecule has 4 rings (SSSR count). The minimum absolute atomic E-state index is 0.660. The highest BCUT2D eigenvalue weighted by Gasteiger charge is 2.20. The summed E-state index contributed by atoms with van der Waals surface area (Å²) in [7, 11) is 0. The Labute approximate surface area is 172 Å². The van der Waals surface area contributed by atoms with Gasteiger partial charge in [0.1, 0.15) is 0 Å². The third-order valence-corrected chi connectivity index (χ3v) is 6.50. The highest BCUT2D eigenvalue weighted by Crippen LogP contribution is 2.33. The number of thiazole rings is 1. The zero-order valence-corrected chi connectivity index (χ0v) is 18.0. The maximum absolute atomic E-state index is 4.62. The smallest absolute Gasteiger partial charge is 0.203 e. The Bertz CT molecular complexity index is 949. The number of hydrogen-bond donors (Lipinski definition) is 1. The van der Waals surface area contributed by atoms with E-state index in [1.807, 2.05) is 23.7 Å². The van der Waals surface area contributed by atoms with Crippen LogP contribution in [-0.2, 0) is 0 Å². The first-order valence-corrected chi connectivity index (χ1v) is 11.0. The maximum atomic E-state index is 4.62. The first-order chi connectivity index (χ1) is 13.1. The van der Waals surface area contributed by atoms with Crippen molar-refractivity contribution in [1.82, 2.24) is 9.55 Å². The van der Waals surface area contributed by atoms with Crippen molar-refractivity contribution >= 4 is 38.6 Å². The van der Waals surface area contributed by atoms with E-state index in [1.54, 1.807) is 11.3 Å².